The van der Waals surface area contributed by atoms with Gasteiger partial charge < -0.3 is 4.74 Å². The summed E-state index contributed by atoms with van der Waals surface area (Å²) >= 11 is 3.51. The van der Waals surface area contributed by atoms with Crippen molar-refractivity contribution in [3.05, 3.63) is 27.7 Å². The Kier molecular flexibility index (Phi) is 3.97. The zero-order valence-electron chi connectivity index (χ0n) is 8.30. The summed E-state index contributed by atoms with van der Waals surface area (Å²) in [6.45, 7) is 2.02. The van der Waals surface area contributed by atoms with Gasteiger partial charge in [-0.25, -0.2) is 0 Å². The molecule has 0 spiro atoms. The smallest absolute Gasteiger partial charge is 0.119 e. The van der Waals surface area contributed by atoms with Crippen molar-refractivity contribution in [2.24, 2.45) is 0 Å². The molecule has 0 fully saturated rings. The van der Waals surface area contributed by atoms with E-state index in [0.717, 1.165) is 27.8 Å². The number of rotatable bonds is 3. The van der Waals surface area contributed by atoms with Crippen molar-refractivity contribution in [1.29, 1.82) is 5.26 Å². The molecule has 0 radical (unpaired) electrons. The largest absolute Gasteiger partial charge is 0.497 e. The number of nitrogens with zero attached hydrogens (tertiary/aromatic N) is 1. The van der Waals surface area contributed by atoms with E-state index in [0.29, 0.717) is 6.42 Å². The molecule has 3 heteroatoms. The second-order valence-electron chi connectivity index (χ2n) is 3.08. The fraction of sp³-hybridized carbons (Fsp3) is 0.364. The zero-order valence-corrected chi connectivity index (χ0v) is 9.89. The van der Waals surface area contributed by atoms with Crippen LogP contribution in [0.5, 0.6) is 5.75 Å². The maximum absolute atomic E-state index is 8.52. The number of hydrogen-bond donors (Lipinski definition) is 0. The van der Waals surface area contributed by atoms with Gasteiger partial charge in [0.1, 0.15) is 5.75 Å². The molecule has 14 heavy (non-hydrogen) atoms. The van der Waals surface area contributed by atoms with Crippen molar-refractivity contribution < 1.29 is 4.74 Å². The van der Waals surface area contributed by atoms with Crippen molar-refractivity contribution in [3.63, 3.8) is 0 Å². The molecule has 0 aliphatic heterocycles. The average Bonchev–Trinajstić information content (AvgIpc) is 2.20. The fourth-order valence-electron chi connectivity index (χ4n) is 1.30. The minimum atomic E-state index is 0.533. The maximum atomic E-state index is 8.52. The fourth-order valence-corrected chi connectivity index (χ4v) is 1.72. The van der Waals surface area contributed by atoms with Crippen molar-refractivity contribution in [3.8, 4) is 11.8 Å². The van der Waals surface area contributed by atoms with Gasteiger partial charge in [-0.15, -0.1) is 0 Å². The lowest BCUT2D eigenvalue weighted by molar-refractivity contribution is 0.414. The molecule has 2 nitrogen and oxygen atoms in total. The molecule has 0 N–H and O–H groups in total. The Morgan fingerprint density at radius 2 is 2.21 bits per heavy atom. The molecule has 0 amide bonds. The predicted molar refractivity (Wildman–Crippen MR) is 59.4 cm³/mol. The van der Waals surface area contributed by atoms with E-state index in [2.05, 4.69) is 22.0 Å². The lowest BCUT2D eigenvalue weighted by atomic mass is 10.1. The summed E-state index contributed by atoms with van der Waals surface area (Å²) in [4.78, 5) is 0. The van der Waals surface area contributed by atoms with E-state index in [1.54, 1.807) is 7.11 Å². The number of nitriles is 1. The molecule has 0 unspecified atom stereocenters. The van der Waals surface area contributed by atoms with Crippen LogP contribution in [0.15, 0.2) is 16.6 Å². The van der Waals surface area contributed by atoms with Gasteiger partial charge in [-0.1, -0.05) is 15.9 Å². The quantitative estimate of drug-likeness (QED) is 0.829. The first-order valence-corrected chi connectivity index (χ1v) is 5.18. The molecule has 0 atom stereocenters. The summed E-state index contributed by atoms with van der Waals surface area (Å²) in [6, 6.07) is 6.08. The first-order valence-electron chi connectivity index (χ1n) is 4.39. The lowest BCUT2D eigenvalue weighted by Gasteiger charge is -2.08. The normalized spacial score (nSPS) is 9.57. The van der Waals surface area contributed by atoms with Gasteiger partial charge in [0.05, 0.1) is 13.2 Å². The van der Waals surface area contributed by atoms with Gasteiger partial charge in [-0.05, 0) is 36.6 Å². The van der Waals surface area contributed by atoms with Gasteiger partial charge in [-0.2, -0.15) is 5.26 Å². The van der Waals surface area contributed by atoms with Gasteiger partial charge in [0.15, 0.2) is 0 Å². The molecule has 0 aliphatic rings. The zero-order chi connectivity index (χ0) is 10.6. The van der Waals surface area contributed by atoms with Crippen molar-refractivity contribution in [1.82, 2.24) is 0 Å². The molecule has 1 aromatic carbocycles. The van der Waals surface area contributed by atoms with Gasteiger partial charge in [0.25, 0.3) is 0 Å². The molecule has 1 rings (SSSR count). The SMILES string of the molecule is COc1cc(C)c(Br)c(CCC#N)c1. The third kappa shape index (κ3) is 2.49. The van der Waals surface area contributed by atoms with Crippen molar-refractivity contribution in [2.75, 3.05) is 7.11 Å². The summed E-state index contributed by atoms with van der Waals surface area (Å²) in [5.74, 6) is 0.846. The van der Waals surface area contributed by atoms with Gasteiger partial charge in [-0.3, -0.25) is 0 Å². The third-order valence-corrected chi connectivity index (χ3v) is 3.18. The Hall–Kier alpha value is -1.01. The van der Waals surface area contributed by atoms with Crippen LogP contribution in [0.3, 0.4) is 0 Å². The van der Waals surface area contributed by atoms with E-state index in [1.165, 1.54) is 0 Å². The molecule has 0 bridgehead atoms. The molecule has 0 aliphatic carbocycles. The first kappa shape index (κ1) is 11.1. The van der Waals surface area contributed by atoms with Gasteiger partial charge >= 0.3 is 0 Å². The van der Waals surface area contributed by atoms with Gasteiger partial charge in [0, 0.05) is 10.9 Å². The summed E-state index contributed by atoms with van der Waals surface area (Å²) < 4.78 is 6.24. The standard InChI is InChI=1S/C11H12BrNO/c1-8-6-10(14-2)7-9(11(8)12)4-3-5-13/h6-7H,3-4H2,1-2H3. The highest BCUT2D eigenvalue weighted by atomic mass is 79.9. The van der Waals surface area contributed by atoms with E-state index in [1.807, 2.05) is 19.1 Å². The molecule has 1 aromatic rings. The second-order valence-corrected chi connectivity index (χ2v) is 3.87. The van der Waals surface area contributed by atoms with Crippen LogP contribution in [-0.4, -0.2) is 7.11 Å². The van der Waals surface area contributed by atoms with E-state index >= 15 is 0 Å². The second kappa shape index (κ2) is 5.02. The number of benzene rings is 1. The maximum Gasteiger partial charge on any atom is 0.119 e. The van der Waals surface area contributed by atoms with Crippen molar-refractivity contribution >= 4 is 15.9 Å². The van der Waals surface area contributed by atoms with E-state index in [4.69, 9.17) is 10.00 Å². The molecule has 0 heterocycles. The van der Waals surface area contributed by atoms with E-state index in [-0.39, 0.29) is 0 Å². The molecular formula is C11H12BrNO. The third-order valence-electron chi connectivity index (χ3n) is 2.05. The summed E-state index contributed by atoms with van der Waals surface area (Å²) in [6.07, 6.45) is 1.29. The Bertz CT molecular complexity index is 368. The molecule has 74 valence electrons. The monoisotopic (exact) mass is 253 g/mol. The Labute approximate surface area is 92.6 Å². The van der Waals surface area contributed by atoms with Crippen LogP contribution in [0, 0.1) is 18.3 Å². The van der Waals surface area contributed by atoms with Crippen LogP contribution in [-0.2, 0) is 6.42 Å². The number of hydrogen-bond acceptors (Lipinski definition) is 2. The molecular weight excluding hydrogens is 242 g/mol. The topological polar surface area (TPSA) is 33.0 Å². The highest BCUT2D eigenvalue weighted by Gasteiger charge is 2.05. The molecule has 0 saturated carbocycles. The average molecular weight is 254 g/mol. The van der Waals surface area contributed by atoms with Crippen LogP contribution in [0.1, 0.15) is 17.5 Å². The van der Waals surface area contributed by atoms with Crippen LogP contribution in [0.2, 0.25) is 0 Å². The van der Waals surface area contributed by atoms with Gasteiger partial charge in [0.2, 0.25) is 0 Å². The number of halogens is 1. The number of aryl methyl sites for hydroxylation is 2. The molecule has 0 aromatic heterocycles. The van der Waals surface area contributed by atoms with Crippen LogP contribution < -0.4 is 4.74 Å². The Morgan fingerprint density at radius 3 is 2.79 bits per heavy atom. The summed E-state index contributed by atoms with van der Waals surface area (Å²) in [7, 11) is 1.65. The predicted octanol–water partition coefficient (Wildman–Crippen LogP) is 3.22. The number of ether oxygens (including phenoxy) is 1. The minimum Gasteiger partial charge on any atom is -0.497 e. The van der Waals surface area contributed by atoms with Crippen LogP contribution in [0.25, 0.3) is 0 Å². The summed E-state index contributed by atoms with van der Waals surface area (Å²) in [5, 5.41) is 8.52. The Balaban J connectivity index is 3.02. The highest BCUT2D eigenvalue weighted by molar-refractivity contribution is 9.10. The Morgan fingerprint density at radius 1 is 1.50 bits per heavy atom. The van der Waals surface area contributed by atoms with E-state index < -0.39 is 0 Å². The minimum absolute atomic E-state index is 0.533. The highest BCUT2D eigenvalue weighted by Crippen LogP contribution is 2.27. The van der Waals surface area contributed by atoms with Crippen LogP contribution in [0.4, 0.5) is 0 Å². The first-order chi connectivity index (χ1) is 6.69. The summed E-state index contributed by atoms with van der Waals surface area (Å²) in [5.41, 5.74) is 2.26. The number of methoxy groups -OCH3 is 1. The van der Waals surface area contributed by atoms with Crippen LogP contribution >= 0.6 is 15.9 Å². The lowest BCUT2D eigenvalue weighted by Crippen LogP contribution is -1.92. The van der Waals surface area contributed by atoms with Crippen molar-refractivity contribution in [2.45, 2.75) is 19.8 Å². The van der Waals surface area contributed by atoms with E-state index in [9.17, 15) is 0 Å². The molecule has 0 saturated heterocycles.